The van der Waals surface area contributed by atoms with E-state index in [9.17, 15) is 18.0 Å². The van der Waals surface area contributed by atoms with Crippen molar-refractivity contribution in [3.63, 3.8) is 0 Å². The van der Waals surface area contributed by atoms with Gasteiger partial charge >= 0.3 is 6.18 Å². The zero-order chi connectivity index (χ0) is 23.0. The molecule has 0 atom stereocenters. The average Bonchev–Trinajstić information content (AvgIpc) is 3.35. The van der Waals surface area contributed by atoms with E-state index in [4.69, 9.17) is 4.52 Å². The first-order chi connectivity index (χ1) is 15.1. The standard InChI is InChI=1S/C23H21F3N4O2/c1-13-8-9-18-16(12-13)14(2)20(27-18)21-28-19(29-32-21)10-11-30(3)22(31)15-6-4-5-7-17(15)23(24,25)26/h4-9,12,27H,10-11H2,1-3H3. The van der Waals surface area contributed by atoms with Crippen LogP contribution >= 0.6 is 0 Å². The number of aryl methyl sites for hydroxylation is 2. The van der Waals surface area contributed by atoms with Gasteiger partial charge in [-0.3, -0.25) is 4.79 Å². The highest BCUT2D eigenvalue weighted by molar-refractivity contribution is 5.95. The highest BCUT2D eigenvalue weighted by atomic mass is 19.4. The number of alkyl halides is 3. The van der Waals surface area contributed by atoms with Crippen molar-refractivity contribution < 1.29 is 22.5 Å². The van der Waals surface area contributed by atoms with Gasteiger partial charge in [-0.15, -0.1) is 0 Å². The summed E-state index contributed by atoms with van der Waals surface area (Å²) in [7, 11) is 1.45. The summed E-state index contributed by atoms with van der Waals surface area (Å²) in [6, 6.07) is 10.8. The first-order valence-electron chi connectivity index (χ1n) is 9.98. The Morgan fingerprint density at radius 2 is 1.91 bits per heavy atom. The van der Waals surface area contributed by atoms with Crippen molar-refractivity contribution >= 4 is 16.8 Å². The van der Waals surface area contributed by atoms with Crippen LogP contribution in [-0.2, 0) is 12.6 Å². The maximum Gasteiger partial charge on any atom is 0.417 e. The number of H-pyrrole nitrogens is 1. The number of carbonyl (C=O) groups is 1. The smallest absolute Gasteiger partial charge is 0.350 e. The van der Waals surface area contributed by atoms with Gasteiger partial charge in [0, 0.05) is 30.9 Å². The molecule has 1 amide bonds. The molecule has 0 aliphatic carbocycles. The van der Waals surface area contributed by atoms with E-state index in [0.717, 1.165) is 28.1 Å². The fourth-order valence-corrected chi connectivity index (χ4v) is 3.60. The van der Waals surface area contributed by atoms with Crippen LogP contribution in [0.3, 0.4) is 0 Å². The number of nitrogens with zero attached hydrogens (tertiary/aromatic N) is 3. The number of aromatic nitrogens is 3. The number of carbonyl (C=O) groups excluding carboxylic acids is 1. The number of hydrogen-bond donors (Lipinski definition) is 1. The highest BCUT2D eigenvalue weighted by Crippen LogP contribution is 2.32. The number of likely N-dealkylation sites (N-methyl/N-ethyl adjacent to an activating group) is 1. The molecule has 1 N–H and O–H groups in total. The fourth-order valence-electron chi connectivity index (χ4n) is 3.60. The van der Waals surface area contributed by atoms with E-state index in [1.54, 1.807) is 0 Å². The molecule has 0 spiro atoms. The van der Waals surface area contributed by atoms with Gasteiger partial charge in [0.2, 0.25) is 0 Å². The monoisotopic (exact) mass is 442 g/mol. The zero-order valence-electron chi connectivity index (χ0n) is 17.7. The third kappa shape index (κ3) is 4.10. The minimum Gasteiger partial charge on any atom is -0.350 e. The van der Waals surface area contributed by atoms with Gasteiger partial charge in [-0.2, -0.15) is 18.2 Å². The Bertz CT molecular complexity index is 1290. The average molecular weight is 442 g/mol. The fraction of sp³-hybridized carbons (Fsp3) is 0.261. The van der Waals surface area contributed by atoms with Gasteiger partial charge in [0.25, 0.3) is 11.8 Å². The third-order valence-corrected chi connectivity index (χ3v) is 5.38. The molecule has 0 fully saturated rings. The van der Waals surface area contributed by atoms with E-state index < -0.39 is 17.6 Å². The van der Waals surface area contributed by atoms with E-state index in [0.29, 0.717) is 17.4 Å². The molecule has 0 aliphatic heterocycles. The second-order valence-electron chi connectivity index (χ2n) is 7.71. The van der Waals surface area contributed by atoms with Gasteiger partial charge in [0.1, 0.15) is 5.69 Å². The second kappa shape index (κ2) is 8.14. The number of nitrogens with one attached hydrogen (secondary N) is 1. The maximum atomic E-state index is 13.2. The first kappa shape index (κ1) is 21.6. The van der Waals surface area contributed by atoms with Crippen molar-refractivity contribution in [3.05, 3.63) is 70.5 Å². The van der Waals surface area contributed by atoms with Crippen LogP contribution in [0.25, 0.3) is 22.5 Å². The molecule has 9 heteroatoms. The van der Waals surface area contributed by atoms with Crippen LogP contribution in [0.15, 0.2) is 47.0 Å². The lowest BCUT2D eigenvalue weighted by atomic mass is 10.1. The molecule has 0 bridgehead atoms. The molecule has 0 saturated heterocycles. The Balaban J connectivity index is 1.48. The lowest BCUT2D eigenvalue weighted by Gasteiger charge is -2.19. The molecule has 2 heterocycles. The number of aromatic amines is 1. The molecular weight excluding hydrogens is 421 g/mol. The Morgan fingerprint density at radius 1 is 1.16 bits per heavy atom. The van der Waals surface area contributed by atoms with Crippen molar-refractivity contribution in [2.24, 2.45) is 0 Å². The predicted octanol–water partition coefficient (Wildman–Crippen LogP) is 5.17. The minimum atomic E-state index is -4.61. The summed E-state index contributed by atoms with van der Waals surface area (Å²) in [5.41, 5.74) is 2.44. The van der Waals surface area contributed by atoms with E-state index in [1.807, 2.05) is 26.0 Å². The molecule has 4 rings (SSSR count). The Kier molecular flexibility index (Phi) is 5.50. The van der Waals surface area contributed by atoms with Gasteiger partial charge < -0.3 is 14.4 Å². The maximum absolute atomic E-state index is 13.2. The Hall–Kier alpha value is -3.62. The number of rotatable bonds is 5. The molecule has 2 aromatic carbocycles. The molecule has 166 valence electrons. The van der Waals surface area contributed by atoms with Crippen molar-refractivity contribution in [3.8, 4) is 11.6 Å². The molecular formula is C23H21F3N4O2. The number of halogens is 3. The van der Waals surface area contributed by atoms with Gasteiger partial charge in [-0.05, 0) is 43.7 Å². The lowest BCUT2D eigenvalue weighted by Crippen LogP contribution is -2.30. The summed E-state index contributed by atoms with van der Waals surface area (Å²) in [6.45, 7) is 4.11. The summed E-state index contributed by atoms with van der Waals surface area (Å²) in [5, 5.41) is 5.02. The molecule has 0 saturated carbocycles. The van der Waals surface area contributed by atoms with Crippen LogP contribution < -0.4 is 0 Å². The van der Waals surface area contributed by atoms with Crippen LogP contribution in [0.5, 0.6) is 0 Å². The largest absolute Gasteiger partial charge is 0.417 e. The summed E-state index contributed by atoms with van der Waals surface area (Å²) >= 11 is 0. The minimum absolute atomic E-state index is 0.134. The lowest BCUT2D eigenvalue weighted by molar-refractivity contribution is -0.138. The van der Waals surface area contributed by atoms with Crippen molar-refractivity contribution in [1.29, 1.82) is 0 Å². The molecule has 0 radical (unpaired) electrons. The van der Waals surface area contributed by atoms with Crippen molar-refractivity contribution in [2.75, 3.05) is 13.6 Å². The Morgan fingerprint density at radius 3 is 2.66 bits per heavy atom. The first-order valence-corrected chi connectivity index (χ1v) is 9.98. The van der Waals surface area contributed by atoms with Crippen molar-refractivity contribution in [2.45, 2.75) is 26.4 Å². The predicted molar refractivity (Wildman–Crippen MR) is 113 cm³/mol. The molecule has 6 nitrogen and oxygen atoms in total. The van der Waals surface area contributed by atoms with Crippen LogP contribution in [0.1, 0.15) is 32.9 Å². The van der Waals surface area contributed by atoms with E-state index in [2.05, 4.69) is 21.2 Å². The summed E-state index contributed by atoms with van der Waals surface area (Å²) < 4.78 is 45.0. The normalized spacial score (nSPS) is 11.8. The quantitative estimate of drug-likeness (QED) is 0.463. The van der Waals surface area contributed by atoms with E-state index in [-0.39, 0.29) is 18.5 Å². The molecule has 2 aromatic heterocycles. The van der Waals surface area contributed by atoms with E-state index >= 15 is 0 Å². The number of amides is 1. The van der Waals surface area contributed by atoms with Crippen LogP contribution in [0, 0.1) is 13.8 Å². The SMILES string of the molecule is Cc1ccc2[nH]c(-c3nc(CCN(C)C(=O)c4ccccc4C(F)(F)F)no3)c(C)c2c1. The molecule has 0 unspecified atom stereocenters. The summed E-state index contributed by atoms with van der Waals surface area (Å²) in [5.74, 6) is -0.0378. The van der Waals surface area contributed by atoms with Crippen LogP contribution in [0.2, 0.25) is 0 Å². The third-order valence-electron chi connectivity index (χ3n) is 5.38. The summed E-state index contributed by atoms with van der Waals surface area (Å²) in [6.07, 6.45) is -4.37. The summed E-state index contributed by atoms with van der Waals surface area (Å²) in [4.78, 5) is 21.5. The zero-order valence-corrected chi connectivity index (χ0v) is 17.7. The van der Waals surface area contributed by atoms with Gasteiger partial charge in [-0.25, -0.2) is 0 Å². The topological polar surface area (TPSA) is 75.0 Å². The van der Waals surface area contributed by atoms with Gasteiger partial charge in [0.15, 0.2) is 5.82 Å². The molecule has 0 aliphatic rings. The van der Waals surface area contributed by atoms with Gasteiger partial charge in [-0.1, -0.05) is 28.9 Å². The van der Waals surface area contributed by atoms with Crippen LogP contribution in [-0.4, -0.2) is 39.5 Å². The second-order valence-corrected chi connectivity index (χ2v) is 7.71. The molecule has 32 heavy (non-hydrogen) atoms. The molecule has 4 aromatic rings. The number of fused-ring (bicyclic) bond motifs is 1. The number of hydrogen-bond acceptors (Lipinski definition) is 4. The highest BCUT2D eigenvalue weighted by Gasteiger charge is 2.35. The van der Waals surface area contributed by atoms with E-state index in [1.165, 1.54) is 30.1 Å². The van der Waals surface area contributed by atoms with Gasteiger partial charge in [0.05, 0.1) is 11.1 Å². The number of benzene rings is 2. The Labute approximate surface area is 182 Å². The van der Waals surface area contributed by atoms with Crippen LogP contribution in [0.4, 0.5) is 13.2 Å². The van der Waals surface area contributed by atoms with Crippen molar-refractivity contribution in [1.82, 2.24) is 20.0 Å².